The summed E-state index contributed by atoms with van der Waals surface area (Å²) in [6.07, 6.45) is 0. The number of hydrogen-bond acceptors (Lipinski definition) is 5. The SMILES string of the molecule is Cc1nc(S[C@@H](C)C(=O)NC(=O)NC(C)C)nc(C)c1C. The van der Waals surface area contributed by atoms with Crippen molar-refractivity contribution in [3.05, 3.63) is 17.0 Å². The molecule has 1 aromatic rings. The average molecular weight is 310 g/mol. The molecule has 0 radical (unpaired) electrons. The second-order valence-corrected chi connectivity index (χ2v) is 6.49. The summed E-state index contributed by atoms with van der Waals surface area (Å²) in [6.45, 7) is 11.2. The Bertz CT molecular complexity index is 523. The zero-order valence-electron chi connectivity index (χ0n) is 13.3. The van der Waals surface area contributed by atoms with Gasteiger partial charge >= 0.3 is 6.03 Å². The van der Waals surface area contributed by atoms with E-state index in [9.17, 15) is 9.59 Å². The van der Waals surface area contributed by atoms with Gasteiger partial charge in [0.2, 0.25) is 5.91 Å². The van der Waals surface area contributed by atoms with Crippen LogP contribution < -0.4 is 10.6 Å². The Kier molecular flexibility index (Phi) is 6.14. The zero-order chi connectivity index (χ0) is 16.2. The maximum absolute atomic E-state index is 11.9. The van der Waals surface area contributed by atoms with Crippen molar-refractivity contribution in [3.8, 4) is 0 Å². The van der Waals surface area contributed by atoms with Crippen molar-refractivity contribution in [3.63, 3.8) is 0 Å². The third-order valence-corrected chi connectivity index (χ3v) is 3.88. The molecule has 0 aliphatic heterocycles. The first-order valence-electron chi connectivity index (χ1n) is 6.80. The number of amides is 3. The van der Waals surface area contributed by atoms with Crippen molar-refractivity contribution in [2.45, 2.75) is 58.0 Å². The minimum atomic E-state index is -0.486. The number of aryl methyl sites for hydroxylation is 2. The van der Waals surface area contributed by atoms with E-state index in [2.05, 4.69) is 20.6 Å². The van der Waals surface area contributed by atoms with Gasteiger partial charge in [-0.05, 0) is 47.1 Å². The maximum Gasteiger partial charge on any atom is 0.321 e. The number of nitrogens with zero attached hydrogens (tertiary/aromatic N) is 2. The Morgan fingerprint density at radius 1 is 1.05 bits per heavy atom. The number of nitrogens with one attached hydrogen (secondary N) is 2. The average Bonchev–Trinajstić information content (AvgIpc) is 2.34. The van der Waals surface area contributed by atoms with E-state index in [1.165, 1.54) is 11.8 Å². The summed E-state index contributed by atoms with van der Waals surface area (Å²) < 4.78 is 0. The number of carbonyl (C=O) groups is 2. The fourth-order valence-electron chi connectivity index (χ4n) is 1.52. The highest BCUT2D eigenvalue weighted by molar-refractivity contribution is 8.00. The molecule has 6 nitrogen and oxygen atoms in total. The fraction of sp³-hybridized carbons (Fsp3) is 0.571. The van der Waals surface area contributed by atoms with Crippen LogP contribution in [0.25, 0.3) is 0 Å². The van der Waals surface area contributed by atoms with Gasteiger partial charge in [0, 0.05) is 17.4 Å². The third kappa shape index (κ3) is 5.34. The van der Waals surface area contributed by atoms with Gasteiger partial charge in [-0.2, -0.15) is 0 Å². The molecule has 0 aliphatic rings. The van der Waals surface area contributed by atoms with Gasteiger partial charge in [-0.1, -0.05) is 11.8 Å². The molecule has 1 aromatic heterocycles. The zero-order valence-corrected chi connectivity index (χ0v) is 14.1. The summed E-state index contributed by atoms with van der Waals surface area (Å²) in [7, 11) is 0. The van der Waals surface area contributed by atoms with Gasteiger partial charge in [0.05, 0.1) is 5.25 Å². The molecule has 0 unspecified atom stereocenters. The largest absolute Gasteiger partial charge is 0.336 e. The summed E-state index contributed by atoms with van der Waals surface area (Å²) in [5.41, 5.74) is 2.85. The quantitative estimate of drug-likeness (QED) is 0.657. The Labute approximate surface area is 129 Å². The lowest BCUT2D eigenvalue weighted by atomic mass is 10.2. The van der Waals surface area contributed by atoms with E-state index in [0.29, 0.717) is 5.16 Å². The number of urea groups is 1. The lowest BCUT2D eigenvalue weighted by Crippen LogP contribution is -2.45. The highest BCUT2D eigenvalue weighted by atomic mass is 32.2. The molecule has 1 rings (SSSR count). The van der Waals surface area contributed by atoms with E-state index < -0.39 is 11.3 Å². The van der Waals surface area contributed by atoms with Crippen molar-refractivity contribution in [2.75, 3.05) is 0 Å². The third-order valence-electron chi connectivity index (χ3n) is 2.92. The summed E-state index contributed by atoms with van der Waals surface area (Å²) >= 11 is 1.24. The number of imide groups is 1. The van der Waals surface area contributed by atoms with Gasteiger partial charge in [0.1, 0.15) is 0 Å². The van der Waals surface area contributed by atoms with Crippen LogP contribution in [0.5, 0.6) is 0 Å². The molecule has 116 valence electrons. The molecule has 0 aromatic carbocycles. The van der Waals surface area contributed by atoms with Gasteiger partial charge < -0.3 is 5.32 Å². The van der Waals surface area contributed by atoms with Crippen LogP contribution in [0.4, 0.5) is 4.79 Å². The Hall–Kier alpha value is -1.63. The molecule has 0 fully saturated rings. The van der Waals surface area contributed by atoms with Gasteiger partial charge in [-0.3, -0.25) is 10.1 Å². The molecule has 0 spiro atoms. The van der Waals surface area contributed by atoms with Crippen molar-refractivity contribution in [1.82, 2.24) is 20.6 Å². The van der Waals surface area contributed by atoms with Crippen LogP contribution in [0.2, 0.25) is 0 Å². The summed E-state index contributed by atoms with van der Waals surface area (Å²) in [6, 6.07) is -0.508. The molecule has 1 heterocycles. The van der Waals surface area contributed by atoms with Crippen molar-refractivity contribution in [1.29, 1.82) is 0 Å². The standard InChI is InChI=1S/C14H22N4O2S/c1-7(2)15-13(20)18-12(19)11(6)21-14-16-9(4)8(3)10(5)17-14/h7,11H,1-6H3,(H2,15,18,19,20)/t11-/m0/s1. The van der Waals surface area contributed by atoms with E-state index in [4.69, 9.17) is 0 Å². The highest BCUT2D eigenvalue weighted by Gasteiger charge is 2.19. The first-order chi connectivity index (χ1) is 9.70. The lowest BCUT2D eigenvalue weighted by molar-refractivity contribution is -0.119. The summed E-state index contributed by atoms with van der Waals surface area (Å²) in [5, 5.41) is 5.00. The van der Waals surface area contributed by atoms with E-state index in [1.807, 2.05) is 34.6 Å². The lowest BCUT2D eigenvalue weighted by Gasteiger charge is -2.13. The first kappa shape index (κ1) is 17.4. The number of hydrogen-bond donors (Lipinski definition) is 2. The van der Waals surface area contributed by atoms with Gasteiger partial charge in [0.25, 0.3) is 0 Å². The first-order valence-corrected chi connectivity index (χ1v) is 7.68. The van der Waals surface area contributed by atoms with Crippen molar-refractivity contribution < 1.29 is 9.59 Å². The molecule has 2 N–H and O–H groups in total. The van der Waals surface area contributed by atoms with Crippen LogP contribution in [0, 0.1) is 20.8 Å². The van der Waals surface area contributed by atoms with Crippen molar-refractivity contribution >= 4 is 23.7 Å². The Balaban J connectivity index is 2.66. The van der Waals surface area contributed by atoms with Gasteiger partial charge in [-0.15, -0.1) is 0 Å². The van der Waals surface area contributed by atoms with Crippen molar-refractivity contribution in [2.24, 2.45) is 0 Å². The molecule has 0 saturated heterocycles. The van der Waals surface area contributed by atoms with Gasteiger partial charge in [0.15, 0.2) is 5.16 Å². The number of aromatic nitrogens is 2. The van der Waals surface area contributed by atoms with E-state index in [-0.39, 0.29) is 11.9 Å². The molecule has 0 bridgehead atoms. The molecule has 3 amide bonds. The molecule has 0 saturated carbocycles. The van der Waals surface area contributed by atoms with Crippen LogP contribution in [-0.2, 0) is 4.79 Å². The number of carbonyl (C=O) groups excluding carboxylic acids is 2. The monoisotopic (exact) mass is 310 g/mol. The number of thioether (sulfide) groups is 1. The second kappa shape index (κ2) is 7.40. The van der Waals surface area contributed by atoms with Crippen LogP contribution >= 0.6 is 11.8 Å². The summed E-state index contributed by atoms with van der Waals surface area (Å²) in [4.78, 5) is 32.1. The van der Waals surface area contributed by atoms with Crippen LogP contribution in [0.1, 0.15) is 37.7 Å². The van der Waals surface area contributed by atoms with Crippen LogP contribution in [0.3, 0.4) is 0 Å². The van der Waals surface area contributed by atoms with Crippen LogP contribution in [0.15, 0.2) is 5.16 Å². The summed E-state index contributed by atoms with van der Waals surface area (Å²) in [5.74, 6) is -0.363. The molecule has 7 heteroatoms. The topological polar surface area (TPSA) is 84.0 Å². The Morgan fingerprint density at radius 2 is 1.57 bits per heavy atom. The van der Waals surface area contributed by atoms with Gasteiger partial charge in [-0.25, -0.2) is 14.8 Å². The molecular weight excluding hydrogens is 288 g/mol. The van der Waals surface area contributed by atoms with E-state index in [0.717, 1.165) is 17.0 Å². The Morgan fingerprint density at radius 3 is 2.05 bits per heavy atom. The maximum atomic E-state index is 11.9. The van der Waals surface area contributed by atoms with E-state index >= 15 is 0 Å². The molecule has 21 heavy (non-hydrogen) atoms. The van der Waals surface area contributed by atoms with Crippen LogP contribution in [-0.4, -0.2) is 33.2 Å². The minimum absolute atomic E-state index is 0.0218. The minimum Gasteiger partial charge on any atom is -0.336 e. The highest BCUT2D eigenvalue weighted by Crippen LogP contribution is 2.21. The fourth-order valence-corrected chi connectivity index (χ4v) is 2.38. The predicted molar refractivity (Wildman–Crippen MR) is 83.4 cm³/mol. The normalized spacial score (nSPS) is 12.1. The number of rotatable bonds is 4. The molecule has 1 atom stereocenters. The second-order valence-electron chi connectivity index (χ2n) is 5.18. The smallest absolute Gasteiger partial charge is 0.321 e. The molecule has 0 aliphatic carbocycles. The van der Waals surface area contributed by atoms with E-state index in [1.54, 1.807) is 6.92 Å². The predicted octanol–water partition coefficient (Wildman–Crippen LogP) is 2.12. The molecular formula is C14H22N4O2S.